The minimum atomic E-state index is 0.461. The van der Waals surface area contributed by atoms with E-state index in [-0.39, 0.29) is 0 Å². The second kappa shape index (κ2) is 4.59. The van der Waals surface area contributed by atoms with Gasteiger partial charge in [0.2, 0.25) is 0 Å². The quantitative estimate of drug-likeness (QED) is 0.719. The Bertz CT molecular complexity index is 799. The summed E-state index contributed by atoms with van der Waals surface area (Å²) in [6.07, 6.45) is 0. The molecule has 5 heteroatoms. The molecule has 3 rings (SSSR count). The Labute approximate surface area is 115 Å². The van der Waals surface area contributed by atoms with Crippen molar-refractivity contribution in [3.63, 3.8) is 0 Å². The van der Waals surface area contributed by atoms with Crippen molar-refractivity contribution in [3.05, 3.63) is 48.0 Å². The fraction of sp³-hybridized carbons (Fsp3) is 0.0667. The maximum Gasteiger partial charge on any atom is 0.302 e. The largest absolute Gasteiger partial charge is 0.423 e. The number of hydrogen-bond acceptors (Lipinski definition) is 5. The van der Waals surface area contributed by atoms with Gasteiger partial charge in [0.25, 0.3) is 0 Å². The zero-order valence-electron chi connectivity index (χ0n) is 10.9. The predicted molar refractivity (Wildman–Crippen MR) is 77.6 cm³/mol. The molecule has 0 fully saturated rings. The lowest BCUT2D eigenvalue weighted by molar-refractivity contribution is 0.603. The van der Waals surface area contributed by atoms with Crippen molar-refractivity contribution in [3.8, 4) is 6.07 Å². The third kappa shape index (κ3) is 1.93. The lowest BCUT2D eigenvalue weighted by Crippen LogP contribution is -2.09. The first-order valence-corrected chi connectivity index (χ1v) is 6.08. The van der Waals surface area contributed by atoms with Gasteiger partial charge in [-0.25, -0.2) is 0 Å². The van der Waals surface area contributed by atoms with Gasteiger partial charge in [0.05, 0.1) is 17.3 Å². The Kier molecular flexibility index (Phi) is 2.77. The summed E-state index contributed by atoms with van der Waals surface area (Å²) in [5, 5.41) is 8.80. The summed E-state index contributed by atoms with van der Waals surface area (Å²) >= 11 is 0. The number of nitriles is 1. The second-order valence-electron chi connectivity index (χ2n) is 4.41. The molecular formula is C15H12N4O. The van der Waals surface area contributed by atoms with Crippen LogP contribution < -0.4 is 10.6 Å². The molecule has 98 valence electrons. The Hall–Kier alpha value is -3.00. The maximum atomic E-state index is 8.80. The molecule has 1 aromatic heterocycles. The molecule has 3 aromatic rings. The molecule has 2 N–H and O–H groups in total. The first-order chi connectivity index (χ1) is 9.69. The summed E-state index contributed by atoms with van der Waals surface area (Å²) in [5.41, 5.74) is 9.26. The predicted octanol–water partition coefficient (Wildman–Crippen LogP) is 3.05. The number of hydrogen-bond donors (Lipinski definition) is 1. The fourth-order valence-corrected chi connectivity index (χ4v) is 1.97. The van der Waals surface area contributed by atoms with E-state index in [2.05, 4.69) is 11.1 Å². The van der Waals surface area contributed by atoms with Gasteiger partial charge >= 0.3 is 6.01 Å². The van der Waals surface area contributed by atoms with Crippen LogP contribution in [0.4, 0.5) is 17.4 Å². The number of aromatic nitrogens is 1. The summed E-state index contributed by atoms with van der Waals surface area (Å²) in [5.74, 6) is 0. The van der Waals surface area contributed by atoms with Crippen LogP contribution >= 0.6 is 0 Å². The van der Waals surface area contributed by atoms with E-state index in [1.54, 1.807) is 23.1 Å². The number of nitrogens with two attached hydrogens (primary N) is 1. The monoisotopic (exact) mass is 264 g/mol. The van der Waals surface area contributed by atoms with Crippen LogP contribution in [0, 0.1) is 11.3 Å². The normalized spacial score (nSPS) is 10.4. The number of anilines is 3. The Morgan fingerprint density at radius 2 is 1.95 bits per heavy atom. The number of oxazole rings is 1. The summed E-state index contributed by atoms with van der Waals surface area (Å²) in [6, 6.07) is 15.2. The highest BCUT2D eigenvalue weighted by Gasteiger charge is 2.13. The number of fused-ring (bicyclic) bond motifs is 1. The minimum absolute atomic E-state index is 0.461. The average Bonchev–Trinajstić information content (AvgIpc) is 2.92. The van der Waals surface area contributed by atoms with Crippen molar-refractivity contribution in [2.24, 2.45) is 0 Å². The number of nitrogen functional groups attached to an aromatic ring is 1. The Morgan fingerprint density at radius 1 is 1.20 bits per heavy atom. The molecule has 0 radical (unpaired) electrons. The maximum absolute atomic E-state index is 8.80. The van der Waals surface area contributed by atoms with E-state index in [9.17, 15) is 0 Å². The molecular weight excluding hydrogens is 252 g/mol. The smallest absolute Gasteiger partial charge is 0.302 e. The lowest BCUT2D eigenvalue weighted by atomic mass is 10.2. The van der Waals surface area contributed by atoms with Crippen molar-refractivity contribution < 1.29 is 4.42 Å². The molecule has 0 saturated carbocycles. The standard InChI is InChI=1S/C15H12N4O/c1-19(11-7-5-10(9-16)6-8-11)15-18-14-12(17)3-2-4-13(14)20-15/h2-8H,17H2,1H3. The van der Waals surface area contributed by atoms with Crippen molar-refractivity contribution in [1.82, 2.24) is 4.98 Å². The van der Waals surface area contributed by atoms with Gasteiger partial charge in [-0.15, -0.1) is 0 Å². The zero-order valence-corrected chi connectivity index (χ0v) is 10.9. The van der Waals surface area contributed by atoms with Crippen molar-refractivity contribution in [2.45, 2.75) is 0 Å². The molecule has 1 heterocycles. The van der Waals surface area contributed by atoms with E-state index in [1.807, 2.05) is 31.3 Å². The molecule has 0 unspecified atom stereocenters. The van der Waals surface area contributed by atoms with E-state index in [4.69, 9.17) is 15.4 Å². The molecule has 0 atom stereocenters. The first kappa shape index (κ1) is 12.1. The van der Waals surface area contributed by atoms with Crippen LogP contribution in [0.15, 0.2) is 46.9 Å². The van der Waals surface area contributed by atoms with Gasteiger partial charge in [-0.1, -0.05) is 6.07 Å². The van der Waals surface area contributed by atoms with E-state index in [1.165, 1.54) is 0 Å². The topological polar surface area (TPSA) is 79.1 Å². The van der Waals surface area contributed by atoms with Crippen LogP contribution in [-0.4, -0.2) is 12.0 Å². The van der Waals surface area contributed by atoms with Crippen molar-refractivity contribution in [2.75, 3.05) is 17.7 Å². The van der Waals surface area contributed by atoms with Gasteiger partial charge in [0, 0.05) is 12.7 Å². The Morgan fingerprint density at radius 3 is 2.60 bits per heavy atom. The van der Waals surface area contributed by atoms with Crippen LogP contribution in [0.25, 0.3) is 11.1 Å². The molecule has 0 spiro atoms. The highest BCUT2D eigenvalue weighted by Crippen LogP contribution is 2.29. The molecule has 2 aromatic carbocycles. The number of nitrogens with zero attached hydrogens (tertiary/aromatic N) is 3. The van der Waals surface area contributed by atoms with Gasteiger partial charge in [-0.2, -0.15) is 10.2 Å². The minimum Gasteiger partial charge on any atom is -0.423 e. The molecule has 0 saturated heterocycles. The van der Waals surface area contributed by atoms with Gasteiger partial charge in [-0.3, -0.25) is 4.90 Å². The number of benzene rings is 2. The fourth-order valence-electron chi connectivity index (χ4n) is 1.97. The third-order valence-corrected chi connectivity index (χ3v) is 3.11. The van der Waals surface area contributed by atoms with Crippen molar-refractivity contribution in [1.29, 1.82) is 5.26 Å². The van der Waals surface area contributed by atoms with E-state index in [0.29, 0.717) is 28.4 Å². The summed E-state index contributed by atoms with van der Waals surface area (Å²) in [6.45, 7) is 0. The zero-order chi connectivity index (χ0) is 14.1. The SMILES string of the molecule is CN(c1ccc(C#N)cc1)c1nc2c(N)cccc2o1. The molecule has 0 aliphatic heterocycles. The second-order valence-corrected chi connectivity index (χ2v) is 4.41. The van der Waals surface area contributed by atoms with Crippen LogP contribution in [0.2, 0.25) is 0 Å². The van der Waals surface area contributed by atoms with Gasteiger partial charge < -0.3 is 10.2 Å². The van der Waals surface area contributed by atoms with E-state index < -0.39 is 0 Å². The average molecular weight is 264 g/mol. The molecule has 5 nitrogen and oxygen atoms in total. The summed E-state index contributed by atoms with van der Waals surface area (Å²) in [4.78, 5) is 6.21. The van der Waals surface area contributed by atoms with Gasteiger partial charge in [-0.05, 0) is 36.4 Å². The third-order valence-electron chi connectivity index (χ3n) is 3.11. The summed E-state index contributed by atoms with van der Waals surface area (Å²) < 4.78 is 5.69. The molecule has 0 aliphatic rings. The highest BCUT2D eigenvalue weighted by molar-refractivity contribution is 5.86. The van der Waals surface area contributed by atoms with E-state index in [0.717, 1.165) is 5.69 Å². The Balaban J connectivity index is 2.01. The molecule has 0 amide bonds. The molecule has 0 bridgehead atoms. The van der Waals surface area contributed by atoms with Crippen LogP contribution in [0.1, 0.15) is 5.56 Å². The first-order valence-electron chi connectivity index (χ1n) is 6.08. The molecule has 0 aliphatic carbocycles. The summed E-state index contributed by atoms with van der Waals surface area (Å²) in [7, 11) is 1.85. The highest BCUT2D eigenvalue weighted by atomic mass is 16.4. The number of para-hydroxylation sites is 1. The lowest BCUT2D eigenvalue weighted by Gasteiger charge is -2.14. The van der Waals surface area contributed by atoms with Gasteiger partial charge in [0.1, 0.15) is 5.52 Å². The van der Waals surface area contributed by atoms with Gasteiger partial charge in [0.15, 0.2) is 5.58 Å². The number of rotatable bonds is 2. The van der Waals surface area contributed by atoms with E-state index >= 15 is 0 Å². The molecule has 20 heavy (non-hydrogen) atoms. The van der Waals surface area contributed by atoms with Crippen LogP contribution in [0.5, 0.6) is 0 Å². The van der Waals surface area contributed by atoms with Crippen LogP contribution in [-0.2, 0) is 0 Å². The van der Waals surface area contributed by atoms with Crippen molar-refractivity contribution >= 4 is 28.5 Å². The van der Waals surface area contributed by atoms with Crippen LogP contribution in [0.3, 0.4) is 0 Å².